The molecular formula is C77H151NO5. The first-order valence-electron chi connectivity index (χ1n) is 38.4. The Balaban J connectivity index is 3.30. The van der Waals surface area contributed by atoms with E-state index in [0.717, 1.165) is 38.5 Å². The molecule has 2 atom stereocenters. The first kappa shape index (κ1) is 81.6. The molecule has 6 heteroatoms. The Morgan fingerprint density at radius 3 is 0.855 bits per heavy atom. The zero-order chi connectivity index (χ0) is 59.9. The summed E-state index contributed by atoms with van der Waals surface area (Å²) in [5.74, 6) is -0.00287. The van der Waals surface area contributed by atoms with Gasteiger partial charge in [-0.15, -0.1) is 0 Å². The van der Waals surface area contributed by atoms with Crippen LogP contribution in [-0.2, 0) is 14.3 Å². The van der Waals surface area contributed by atoms with Crippen molar-refractivity contribution in [1.29, 1.82) is 0 Å². The Morgan fingerprint density at radius 2 is 0.566 bits per heavy atom. The molecule has 2 unspecified atom stereocenters. The number of nitrogens with one attached hydrogen (secondary N) is 1. The van der Waals surface area contributed by atoms with Gasteiger partial charge in [0.15, 0.2) is 0 Å². The third kappa shape index (κ3) is 69.6. The van der Waals surface area contributed by atoms with Gasteiger partial charge in [-0.2, -0.15) is 0 Å². The van der Waals surface area contributed by atoms with E-state index in [1.54, 1.807) is 0 Å². The van der Waals surface area contributed by atoms with E-state index in [4.69, 9.17) is 4.74 Å². The summed E-state index contributed by atoms with van der Waals surface area (Å²) in [7, 11) is 0. The van der Waals surface area contributed by atoms with Crippen LogP contribution in [-0.4, -0.2) is 47.4 Å². The zero-order valence-electron chi connectivity index (χ0n) is 56.7. The van der Waals surface area contributed by atoms with Crippen molar-refractivity contribution in [3.8, 4) is 0 Å². The van der Waals surface area contributed by atoms with Crippen LogP contribution in [0.25, 0.3) is 0 Å². The number of aliphatic hydroxyl groups excluding tert-OH is 2. The molecule has 0 bridgehead atoms. The molecule has 0 aliphatic heterocycles. The minimum absolute atomic E-state index is 0.0257. The second kappa shape index (κ2) is 73.1. The molecule has 0 spiro atoms. The van der Waals surface area contributed by atoms with Gasteiger partial charge >= 0.3 is 5.97 Å². The quantitative estimate of drug-likeness (QED) is 0.0320. The molecule has 83 heavy (non-hydrogen) atoms. The van der Waals surface area contributed by atoms with Gasteiger partial charge in [0.05, 0.1) is 25.4 Å². The Hall–Kier alpha value is -1.40. The maximum Gasteiger partial charge on any atom is 0.305 e. The topological polar surface area (TPSA) is 95.9 Å². The van der Waals surface area contributed by atoms with Crippen LogP contribution in [0.4, 0.5) is 0 Å². The van der Waals surface area contributed by atoms with E-state index in [1.807, 2.05) is 0 Å². The van der Waals surface area contributed by atoms with E-state index in [0.29, 0.717) is 25.9 Å². The molecule has 0 aliphatic carbocycles. The van der Waals surface area contributed by atoms with Gasteiger partial charge in [-0.05, 0) is 51.4 Å². The van der Waals surface area contributed by atoms with Crippen molar-refractivity contribution in [2.45, 2.75) is 456 Å². The second-order valence-electron chi connectivity index (χ2n) is 26.7. The highest BCUT2D eigenvalue weighted by Crippen LogP contribution is 2.20. The summed E-state index contributed by atoms with van der Waals surface area (Å²) >= 11 is 0. The monoisotopic (exact) mass is 1170 g/mol. The maximum absolute atomic E-state index is 12.5. The predicted molar refractivity (Wildman–Crippen MR) is 366 cm³/mol. The van der Waals surface area contributed by atoms with E-state index in [2.05, 4.69) is 31.3 Å². The highest BCUT2D eigenvalue weighted by atomic mass is 16.5. The standard InChI is InChI=1S/C77H151NO5/c1-3-5-7-9-11-13-15-17-18-19-40-43-47-51-55-59-63-67-71-77(82)83-72-68-64-60-56-52-48-44-41-38-36-34-32-30-28-26-24-22-20-21-23-25-27-29-31-33-35-37-39-42-46-50-54-58-62-66-70-76(81)78-74(73-79)75(80)69-65-61-57-53-49-45-16-14-12-10-8-6-4-2/h22,24,74-75,79-80H,3-21,23,25-73H2,1-2H3,(H,78,81)/b24-22-. The summed E-state index contributed by atoms with van der Waals surface area (Å²) in [6.45, 7) is 5.00. The van der Waals surface area contributed by atoms with E-state index in [9.17, 15) is 19.8 Å². The summed E-state index contributed by atoms with van der Waals surface area (Å²) in [5.41, 5.74) is 0. The predicted octanol–water partition coefficient (Wildman–Crippen LogP) is 25.1. The number of allylic oxidation sites excluding steroid dienone is 2. The Labute approximate surface area is 520 Å². The molecule has 494 valence electrons. The fourth-order valence-corrected chi connectivity index (χ4v) is 12.5. The highest BCUT2D eigenvalue weighted by molar-refractivity contribution is 5.76. The number of carbonyl (C=O) groups is 2. The molecular weight excluding hydrogens is 1020 g/mol. The number of rotatable bonds is 73. The smallest absolute Gasteiger partial charge is 0.305 e. The van der Waals surface area contributed by atoms with Gasteiger partial charge in [0.1, 0.15) is 0 Å². The van der Waals surface area contributed by atoms with Crippen molar-refractivity contribution in [2.75, 3.05) is 13.2 Å². The molecule has 0 aliphatic rings. The molecule has 0 aromatic rings. The number of esters is 1. The van der Waals surface area contributed by atoms with Crippen LogP contribution >= 0.6 is 0 Å². The van der Waals surface area contributed by atoms with Crippen LogP contribution in [0.3, 0.4) is 0 Å². The molecule has 0 saturated heterocycles. The molecule has 1 amide bonds. The minimum atomic E-state index is -0.660. The molecule has 3 N–H and O–H groups in total. The van der Waals surface area contributed by atoms with Crippen molar-refractivity contribution in [3.63, 3.8) is 0 Å². The van der Waals surface area contributed by atoms with E-state index < -0.39 is 12.1 Å². The van der Waals surface area contributed by atoms with E-state index in [-0.39, 0.29) is 18.5 Å². The summed E-state index contributed by atoms with van der Waals surface area (Å²) in [4.78, 5) is 24.6. The Morgan fingerprint density at radius 1 is 0.325 bits per heavy atom. The van der Waals surface area contributed by atoms with Crippen LogP contribution in [0.2, 0.25) is 0 Å². The third-order valence-corrected chi connectivity index (χ3v) is 18.3. The Bertz CT molecular complexity index is 1260. The van der Waals surface area contributed by atoms with Gasteiger partial charge in [-0.3, -0.25) is 9.59 Å². The molecule has 0 heterocycles. The van der Waals surface area contributed by atoms with Crippen molar-refractivity contribution < 1.29 is 24.5 Å². The fraction of sp³-hybridized carbons (Fsp3) is 0.948. The van der Waals surface area contributed by atoms with Gasteiger partial charge < -0.3 is 20.3 Å². The normalized spacial score (nSPS) is 12.5. The lowest BCUT2D eigenvalue weighted by Crippen LogP contribution is -2.45. The average Bonchev–Trinajstić information content (AvgIpc) is 3.49. The molecule has 0 aromatic carbocycles. The number of hydrogen-bond acceptors (Lipinski definition) is 5. The molecule has 0 radical (unpaired) electrons. The lowest BCUT2D eigenvalue weighted by atomic mass is 10.0. The number of ether oxygens (including phenoxy) is 1. The van der Waals surface area contributed by atoms with Crippen molar-refractivity contribution in [2.24, 2.45) is 0 Å². The summed E-state index contributed by atoms with van der Waals surface area (Å²) in [6, 6.07) is -0.537. The molecule has 0 rings (SSSR count). The minimum Gasteiger partial charge on any atom is -0.466 e. The first-order valence-corrected chi connectivity index (χ1v) is 38.4. The second-order valence-corrected chi connectivity index (χ2v) is 26.7. The van der Waals surface area contributed by atoms with Gasteiger partial charge in [0.2, 0.25) is 5.91 Å². The molecule has 0 aromatic heterocycles. The number of unbranched alkanes of at least 4 members (excludes halogenated alkanes) is 60. The SMILES string of the molecule is CCCCCCCCCCCCCCCCCCCCC(=O)OCCCCCCCCCCCCCCCC/C=C\CCCCCCCCCCCCCCCCCCCC(=O)NC(CO)C(O)CCCCCCCCCCCCCCC. The van der Waals surface area contributed by atoms with Crippen molar-refractivity contribution >= 4 is 11.9 Å². The zero-order valence-corrected chi connectivity index (χ0v) is 56.7. The molecule has 0 fully saturated rings. The summed E-state index contributed by atoms with van der Waals surface area (Å²) in [5, 5.41) is 23.3. The number of hydrogen-bond donors (Lipinski definition) is 3. The summed E-state index contributed by atoms with van der Waals surface area (Å²) in [6.07, 6.45) is 91.6. The Kier molecular flexibility index (Phi) is 71.8. The molecule has 6 nitrogen and oxygen atoms in total. The lowest BCUT2D eigenvalue weighted by Gasteiger charge is -2.22. The largest absolute Gasteiger partial charge is 0.466 e. The van der Waals surface area contributed by atoms with Crippen LogP contribution in [0, 0.1) is 0 Å². The van der Waals surface area contributed by atoms with Crippen molar-refractivity contribution in [1.82, 2.24) is 5.32 Å². The van der Waals surface area contributed by atoms with Crippen LogP contribution < -0.4 is 5.32 Å². The number of amides is 1. The van der Waals surface area contributed by atoms with E-state index in [1.165, 1.54) is 372 Å². The summed E-state index contributed by atoms with van der Waals surface area (Å²) < 4.78 is 5.52. The van der Waals surface area contributed by atoms with Crippen molar-refractivity contribution in [3.05, 3.63) is 12.2 Å². The maximum atomic E-state index is 12.5. The number of carbonyl (C=O) groups excluding carboxylic acids is 2. The van der Waals surface area contributed by atoms with Gasteiger partial charge in [0.25, 0.3) is 0 Å². The lowest BCUT2D eigenvalue weighted by molar-refractivity contribution is -0.143. The highest BCUT2D eigenvalue weighted by Gasteiger charge is 2.20. The van der Waals surface area contributed by atoms with Crippen LogP contribution in [0.15, 0.2) is 12.2 Å². The average molecular weight is 1170 g/mol. The van der Waals surface area contributed by atoms with Gasteiger partial charge in [-0.25, -0.2) is 0 Å². The van der Waals surface area contributed by atoms with E-state index >= 15 is 0 Å². The first-order chi connectivity index (χ1) is 41.0. The third-order valence-electron chi connectivity index (χ3n) is 18.3. The fourth-order valence-electron chi connectivity index (χ4n) is 12.5. The van der Waals surface area contributed by atoms with Gasteiger partial charge in [0, 0.05) is 12.8 Å². The van der Waals surface area contributed by atoms with Crippen LogP contribution in [0.1, 0.15) is 444 Å². The number of aliphatic hydroxyl groups is 2. The van der Waals surface area contributed by atoms with Crippen LogP contribution in [0.5, 0.6) is 0 Å². The molecule has 0 saturated carbocycles. The van der Waals surface area contributed by atoms with Gasteiger partial charge in [-0.1, -0.05) is 392 Å².